The molecule has 0 aliphatic carbocycles. The summed E-state index contributed by atoms with van der Waals surface area (Å²) in [5, 5.41) is 3.32. The van der Waals surface area contributed by atoms with Gasteiger partial charge in [-0.15, -0.1) is 0 Å². The van der Waals surface area contributed by atoms with Gasteiger partial charge in [0.15, 0.2) is 0 Å². The summed E-state index contributed by atoms with van der Waals surface area (Å²) >= 11 is 0. The average molecular weight is 226 g/mol. The zero-order valence-electron chi connectivity index (χ0n) is 11.0. The van der Waals surface area contributed by atoms with Gasteiger partial charge < -0.3 is 4.90 Å². The predicted octanol–water partition coefficient (Wildman–Crippen LogP) is 2.51. The maximum atomic E-state index is 12.1. The lowest BCUT2D eigenvalue weighted by atomic mass is 10.1. The van der Waals surface area contributed by atoms with E-state index in [-0.39, 0.29) is 6.04 Å². The van der Waals surface area contributed by atoms with Crippen LogP contribution in [0.15, 0.2) is 0 Å². The second kappa shape index (κ2) is 6.89. The molecular weight excluding hydrogens is 200 g/mol. The molecule has 0 saturated carbocycles. The van der Waals surface area contributed by atoms with Crippen LogP contribution in [0.3, 0.4) is 0 Å². The van der Waals surface area contributed by atoms with Crippen molar-refractivity contribution in [3.05, 3.63) is 0 Å². The van der Waals surface area contributed by atoms with E-state index in [0.717, 1.165) is 32.4 Å². The molecule has 3 heteroatoms. The maximum absolute atomic E-state index is 12.1. The minimum atomic E-state index is 0.0871. The van der Waals surface area contributed by atoms with Crippen LogP contribution in [0, 0.1) is 0 Å². The standard InChI is InChI=1S/C13H26N2O/c1-4-6-8-11(3)15-10-14-12(13(15)16)9-7-5-2/h11-12,14H,4-10H2,1-3H3. The Labute approximate surface area is 99.6 Å². The molecule has 0 radical (unpaired) electrons. The van der Waals surface area contributed by atoms with Gasteiger partial charge in [0.25, 0.3) is 0 Å². The number of carbonyl (C=O) groups excluding carboxylic acids is 1. The van der Waals surface area contributed by atoms with E-state index >= 15 is 0 Å². The van der Waals surface area contributed by atoms with Gasteiger partial charge in [-0.05, 0) is 19.8 Å². The van der Waals surface area contributed by atoms with E-state index in [2.05, 4.69) is 26.1 Å². The molecule has 1 amide bonds. The molecule has 1 fully saturated rings. The number of unbranched alkanes of at least 4 members (excludes halogenated alkanes) is 2. The van der Waals surface area contributed by atoms with Crippen molar-refractivity contribution in [3.8, 4) is 0 Å². The SMILES string of the molecule is CCCCC1NCN(C(C)CCCC)C1=O. The Balaban J connectivity index is 2.37. The Bertz CT molecular complexity index is 218. The van der Waals surface area contributed by atoms with Crippen LogP contribution in [0.5, 0.6) is 0 Å². The Hall–Kier alpha value is -0.570. The molecular formula is C13H26N2O. The topological polar surface area (TPSA) is 32.3 Å². The highest BCUT2D eigenvalue weighted by molar-refractivity contribution is 5.83. The highest BCUT2D eigenvalue weighted by Gasteiger charge is 2.32. The molecule has 1 heterocycles. The van der Waals surface area contributed by atoms with Crippen LogP contribution in [-0.2, 0) is 4.79 Å². The fourth-order valence-corrected chi connectivity index (χ4v) is 2.24. The first-order valence-electron chi connectivity index (χ1n) is 6.74. The summed E-state index contributed by atoms with van der Waals surface area (Å²) in [7, 11) is 0. The first-order valence-corrected chi connectivity index (χ1v) is 6.74. The van der Waals surface area contributed by atoms with Gasteiger partial charge in [0.1, 0.15) is 0 Å². The lowest BCUT2D eigenvalue weighted by Crippen LogP contribution is -2.36. The first kappa shape index (κ1) is 13.5. The summed E-state index contributed by atoms with van der Waals surface area (Å²) in [6.45, 7) is 7.28. The van der Waals surface area contributed by atoms with Crippen molar-refractivity contribution < 1.29 is 4.79 Å². The number of carbonyl (C=O) groups is 1. The monoisotopic (exact) mass is 226 g/mol. The van der Waals surface area contributed by atoms with Gasteiger partial charge in [-0.1, -0.05) is 39.5 Å². The number of hydrogen-bond acceptors (Lipinski definition) is 2. The van der Waals surface area contributed by atoms with Crippen LogP contribution in [0.2, 0.25) is 0 Å². The molecule has 0 aromatic heterocycles. The van der Waals surface area contributed by atoms with Crippen molar-refractivity contribution >= 4 is 5.91 Å². The van der Waals surface area contributed by atoms with Crippen LogP contribution < -0.4 is 5.32 Å². The van der Waals surface area contributed by atoms with E-state index < -0.39 is 0 Å². The van der Waals surface area contributed by atoms with Crippen molar-refractivity contribution in [2.75, 3.05) is 6.67 Å². The Morgan fingerprint density at radius 2 is 2.06 bits per heavy atom. The minimum absolute atomic E-state index is 0.0871. The predicted molar refractivity (Wildman–Crippen MR) is 67.1 cm³/mol. The fraction of sp³-hybridized carbons (Fsp3) is 0.923. The molecule has 1 saturated heterocycles. The number of rotatable bonds is 7. The first-order chi connectivity index (χ1) is 7.70. The van der Waals surface area contributed by atoms with Gasteiger partial charge in [-0.3, -0.25) is 10.1 Å². The third kappa shape index (κ3) is 3.48. The summed E-state index contributed by atoms with van der Waals surface area (Å²) in [6.07, 6.45) is 6.85. The molecule has 0 spiro atoms. The van der Waals surface area contributed by atoms with E-state index in [0.29, 0.717) is 11.9 Å². The largest absolute Gasteiger partial charge is 0.326 e. The van der Waals surface area contributed by atoms with Crippen molar-refractivity contribution in [1.82, 2.24) is 10.2 Å². The van der Waals surface area contributed by atoms with Crippen molar-refractivity contribution in [2.24, 2.45) is 0 Å². The summed E-state index contributed by atoms with van der Waals surface area (Å²) < 4.78 is 0. The zero-order chi connectivity index (χ0) is 12.0. The number of hydrogen-bond donors (Lipinski definition) is 1. The molecule has 1 aliphatic rings. The summed E-state index contributed by atoms with van der Waals surface area (Å²) in [6, 6.07) is 0.482. The summed E-state index contributed by atoms with van der Waals surface area (Å²) in [5.41, 5.74) is 0. The molecule has 3 nitrogen and oxygen atoms in total. The molecule has 0 aromatic carbocycles. The smallest absolute Gasteiger partial charge is 0.241 e. The number of nitrogens with one attached hydrogen (secondary N) is 1. The number of amides is 1. The summed E-state index contributed by atoms with van der Waals surface area (Å²) in [5.74, 6) is 0.317. The molecule has 2 atom stereocenters. The fourth-order valence-electron chi connectivity index (χ4n) is 2.24. The van der Waals surface area contributed by atoms with Crippen molar-refractivity contribution in [2.45, 2.75) is 71.4 Å². The van der Waals surface area contributed by atoms with Gasteiger partial charge in [0.05, 0.1) is 12.7 Å². The van der Waals surface area contributed by atoms with E-state index in [4.69, 9.17) is 0 Å². The van der Waals surface area contributed by atoms with Crippen LogP contribution >= 0.6 is 0 Å². The van der Waals surface area contributed by atoms with Crippen LogP contribution in [0.25, 0.3) is 0 Å². The molecule has 94 valence electrons. The van der Waals surface area contributed by atoms with E-state index in [1.165, 1.54) is 12.8 Å². The average Bonchev–Trinajstić information content (AvgIpc) is 2.65. The van der Waals surface area contributed by atoms with Crippen LogP contribution in [-0.4, -0.2) is 29.6 Å². The Kier molecular flexibility index (Phi) is 5.81. The zero-order valence-corrected chi connectivity index (χ0v) is 11.0. The van der Waals surface area contributed by atoms with Crippen molar-refractivity contribution in [1.29, 1.82) is 0 Å². The van der Waals surface area contributed by atoms with E-state index in [9.17, 15) is 4.79 Å². The van der Waals surface area contributed by atoms with Gasteiger partial charge in [0, 0.05) is 6.04 Å². The number of nitrogens with zero attached hydrogens (tertiary/aromatic N) is 1. The lowest BCUT2D eigenvalue weighted by Gasteiger charge is -2.23. The second-order valence-electron chi connectivity index (χ2n) is 4.86. The van der Waals surface area contributed by atoms with Gasteiger partial charge in [0.2, 0.25) is 5.91 Å². The van der Waals surface area contributed by atoms with Gasteiger partial charge >= 0.3 is 0 Å². The van der Waals surface area contributed by atoms with Crippen LogP contribution in [0.1, 0.15) is 59.3 Å². The van der Waals surface area contributed by atoms with E-state index in [1.54, 1.807) is 0 Å². The molecule has 1 N–H and O–H groups in total. The van der Waals surface area contributed by atoms with Gasteiger partial charge in [-0.2, -0.15) is 0 Å². The Morgan fingerprint density at radius 1 is 1.38 bits per heavy atom. The minimum Gasteiger partial charge on any atom is -0.326 e. The highest BCUT2D eigenvalue weighted by atomic mass is 16.2. The van der Waals surface area contributed by atoms with Gasteiger partial charge in [-0.25, -0.2) is 0 Å². The molecule has 0 bridgehead atoms. The third-order valence-corrected chi connectivity index (χ3v) is 3.44. The molecule has 16 heavy (non-hydrogen) atoms. The Morgan fingerprint density at radius 3 is 2.69 bits per heavy atom. The molecule has 0 aromatic rings. The molecule has 1 aliphatic heterocycles. The van der Waals surface area contributed by atoms with E-state index in [1.807, 2.05) is 4.90 Å². The lowest BCUT2D eigenvalue weighted by molar-refractivity contribution is -0.130. The normalized spacial score (nSPS) is 22.8. The second-order valence-corrected chi connectivity index (χ2v) is 4.86. The van der Waals surface area contributed by atoms with Crippen molar-refractivity contribution in [3.63, 3.8) is 0 Å². The summed E-state index contributed by atoms with van der Waals surface area (Å²) in [4.78, 5) is 14.1. The third-order valence-electron chi connectivity index (χ3n) is 3.44. The molecule has 2 unspecified atom stereocenters. The quantitative estimate of drug-likeness (QED) is 0.723. The highest BCUT2D eigenvalue weighted by Crippen LogP contribution is 2.16. The molecule has 1 rings (SSSR count). The maximum Gasteiger partial charge on any atom is 0.241 e. The van der Waals surface area contributed by atoms with Crippen LogP contribution in [0.4, 0.5) is 0 Å².